The molecule has 2 aliphatic carbocycles. The Bertz CT molecular complexity index is 2130. The van der Waals surface area contributed by atoms with Crippen LogP contribution in [0, 0.1) is 5.92 Å². The molecule has 19 heteroatoms. The Kier molecular flexibility index (Phi) is 32.0. The van der Waals surface area contributed by atoms with Gasteiger partial charge in [0.05, 0.1) is 37.2 Å². The van der Waals surface area contributed by atoms with E-state index in [1.807, 2.05) is 71.9 Å². The lowest BCUT2D eigenvalue weighted by Gasteiger charge is -2.32. The van der Waals surface area contributed by atoms with E-state index in [2.05, 4.69) is 39.5 Å². The van der Waals surface area contributed by atoms with Gasteiger partial charge in [-0.3, -0.25) is 18.9 Å². The number of rotatable bonds is 41. The van der Waals surface area contributed by atoms with Gasteiger partial charge >= 0.3 is 25.6 Å². The van der Waals surface area contributed by atoms with Crippen molar-refractivity contribution in [3.63, 3.8) is 0 Å². The van der Waals surface area contributed by atoms with Crippen molar-refractivity contribution in [2.75, 3.05) is 52.3 Å². The third-order valence-corrected chi connectivity index (χ3v) is 15.9. The molecule has 0 heterocycles. The summed E-state index contributed by atoms with van der Waals surface area (Å²) in [6.45, 7) is 17.7. The molecule has 0 saturated heterocycles. The van der Waals surface area contributed by atoms with Gasteiger partial charge in [0.25, 0.3) is 0 Å². The number of nitrogens with one attached hydrogen (secondary N) is 4. The molecule has 0 aromatic heterocycles. The van der Waals surface area contributed by atoms with Crippen LogP contribution in [0.3, 0.4) is 0 Å². The van der Waals surface area contributed by atoms with Gasteiger partial charge in [-0.15, -0.1) is 0 Å². The molecular formula is C61H101N4O14P. The van der Waals surface area contributed by atoms with E-state index in [1.165, 1.54) is 50.5 Å². The summed E-state index contributed by atoms with van der Waals surface area (Å²) in [4.78, 5) is 75.4. The van der Waals surface area contributed by atoms with Crippen LogP contribution in [0.4, 0.5) is 4.79 Å². The number of unbranched alkanes of at least 4 members (excludes halogenated alkanes) is 14. The number of carboxylic acids is 1. The Hall–Kier alpha value is -4.61. The van der Waals surface area contributed by atoms with Crippen molar-refractivity contribution in [3.05, 3.63) is 59.7 Å². The van der Waals surface area contributed by atoms with Gasteiger partial charge in [-0.25, -0.2) is 14.4 Å². The molecule has 3 rings (SSSR count). The van der Waals surface area contributed by atoms with E-state index in [9.17, 15) is 38.4 Å². The van der Waals surface area contributed by atoms with Crippen LogP contribution in [0.5, 0.6) is 0 Å². The largest absolute Gasteiger partial charge is 0.480 e. The highest BCUT2D eigenvalue weighted by molar-refractivity contribution is 7.53. The van der Waals surface area contributed by atoms with E-state index in [0.29, 0.717) is 32.0 Å². The molecule has 5 atom stereocenters. The smallest absolute Gasteiger partial charge is 0.407 e. The van der Waals surface area contributed by atoms with Gasteiger partial charge in [-0.05, 0) is 118 Å². The number of carbonyl (C=O) groups excluding carboxylic acids is 5. The van der Waals surface area contributed by atoms with E-state index >= 15 is 0 Å². The Morgan fingerprint density at radius 1 is 0.575 bits per heavy atom. The lowest BCUT2D eigenvalue weighted by molar-refractivity contribution is -0.159. The highest BCUT2D eigenvalue weighted by Gasteiger charge is 2.39. The first-order chi connectivity index (χ1) is 37.8. The van der Waals surface area contributed by atoms with Crippen molar-refractivity contribution >= 4 is 43.3 Å². The first kappa shape index (κ1) is 69.7. The topological polar surface area (TPSA) is 243 Å². The number of fused-ring (bicyclic) bond motifs is 3. The van der Waals surface area contributed by atoms with Crippen LogP contribution in [0.2, 0.25) is 0 Å². The molecule has 18 nitrogen and oxygen atoms in total. The zero-order chi connectivity index (χ0) is 59.0. The molecule has 3 unspecified atom stereocenters. The average molecular weight is 1150 g/mol. The molecule has 4 amide bonds. The van der Waals surface area contributed by atoms with Crippen LogP contribution in [0.25, 0.3) is 0 Å². The second-order valence-corrected chi connectivity index (χ2v) is 26.3. The third kappa shape index (κ3) is 31.0. The lowest BCUT2D eigenvalue weighted by atomic mass is 9.84. The maximum Gasteiger partial charge on any atom is 0.407 e. The van der Waals surface area contributed by atoms with E-state index in [1.54, 1.807) is 20.8 Å². The standard InChI is InChI=1S/C61H101N4O14P/c1-59(2,3)77-57(71)52(64-54(67)35-22-20-18-16-14-12-10-11-13-15-17-19-21-29-43-80(73,78-60(4,5)6)79-61(7,8)9)36-37-53(66)63-39-40-74-41-42-75-45-55(68)62-38-28-27-34-51(56(69)70)65-58(72)76-44-50-48-32-25-23-30-46(48)47-31-24-26-33-49(47)50/h23-26,30-33,46,48,50-52H,10-22,27-29,34-45H2,1-9H3,(H,62,68)(H,63,66)(H,64,67)(H,65,72)(H,69,70)/t46?,48?,50?,51-,52-/m0/s1. The summed E-state index contributed by atoms with van der Waals surface area (Å²) in [5, 5.41) is 20.5. The molecule has 1 aromatic carbocycles. The van der Waals surface area contributed by atoms with Gasteiger partial charge < -0.3 is 54.4 Å². The van der Waals surface area contributed by atoms with Crippen LogP contribution in [-0.2, 0) is 56.5 Å². The van der Waals surface area contributed by atoms with E-state index in [4.69, 9.17) is 28.0 Å². The minimum atomic E-state index is -3.16. The number of carbonyl (C=O) groups is 6. The van der Waals surface area contributed by atoms with E-state index in [0.717, 1.165) is 44.1 Å². The van der Waals surface area contributed by atoms with Gasteiger partial charge in [-0.2, -0.15) is 0 Å². The number of alkyl carbamates (subject to hydrolysis) is 1. The number of ether oxygens (including phenoxy) is 4. The number of aliphatic carboxylic acids is 1. The molecule has 0 fully saturated rings. The molecule has 0 radical (unpaired) electrons. The van der Waals surface area contributed by atoms with Crippen molar-refractivity contribution in [2.45, 2.75) is 231 Å². The van der Waals surface area contributed by atoms with Gasteiger partial charge in [0.15, 0.2) is 0 Å². The number of carboxylic acid groups (broad SMARTS) is 1. The van der Waals surface area contributed by atoms with Crippen LogP contribution < -0.4 is 21.3 Å². The molecule has 0 bridgehead atoms. The van der Waals surface area contributed by atoms with E-state index < -0.39 is 54.5 Å². The predicted molar refractivity (Wildman–Crippen MR) is 312 cm³/mol. The van der Waals surface area contributed by atoms with Gasteiger partial charge in [0.2, 0.25) is 17.7 Å². The number of amides is 4. The Morgan fingerprint density at radius 2 is 1.14 bits per heavy atom. The molecule has 1 aromatic rings. The highest BCUT2D eigenvalue weighted by Crippen LogP contribution is 2.55. The fourth-order valence-corrected chi connectivity index (χ4v) is 12.3. The van der Waals surface area contributed by atoms with Crippen molar-refractivity contribution in [1.82, 2.24) is 21.3 Å². The molecular weight excluding hydrogens is 1040 g/mol. The summed E-state index contributed by atoms with van der Waals surface area (Å²) in [6.07, 6.45) is 24.7. The Labute approximate surface area is 478 Å². The summed E-state index contributed by atoms with van der Waals surface area (Å²) in [5.74, 6) is -2.28. The number of benzene rings is 1. The first-order valence-corrected chi connectivity index (χ1v) is 31.4. The maximum absolute atomic E-state index is 13.4. The molecule has 5 N–H and O–H groups in total. The van der Waals surface area contributed by atoms with Crippen molar-refractivity contribution in [1.29, 1.82) is 0 Å². The number of allylic oxidation sites excluding steroid dienone is 4. The quantitative estimate of drug-likeness (QED) is 0.0233. The molecule has 0 aliphatic heterocycles. The number of esters is 1. The second kappa shape index (κ2) is 36.8. The zero-order valence-corrected chi connectivity index (χ0v) is 50.9. The maximum atomic E-state index is 13.4. The average Bonchev–Trinajstić information content (AvgIpc) is 3.68. The highest BCUT2D eigenvalue weighted by atomic mass is 31.2. The molecule has 0 saturated carbocycles. The molecule has 454 valence electrons. The van der Waals surface area contributed by atoms with Crippen LogP contribution in [0.15, 0.2) is 48.6 Å². The Morgan fingerprint density at radius 3 is 1.74 bits per heavy atom. The van der Waals surface area contributed by atoms with Crippen molar-refractivity contribution in [2.24, 2.45) is 5.92 Å². The van der Waals surface area contributed by atoms with Crippen molar-refractivity contribution < 1.29 is 66.4 Å². The van der Waals surface area contributed by atoms with Crippen LogP contribution in [-0.4, -0.2) is 122 Å². The fourth-order valence-electron chi connectivity index (χ4n) is 9.80. The lowest BCUT2D eigenvalue weighted by Crippen LogP contribution is -2.44. The number of hydrogen-bond donors (Lipinski definition) is 5. The second-order valence-electron chi connectivity index (χ2n) is 24.2. The summed E-state index contributed by atoms with van der Waals surface area (Å²) < 4.78 is 47.2. The van der Waals surface area contributed by atoms with Gasteiger partial charge in [-0.1, -0.05) is 126 Å². The monoisotopic (exact) mass is 1140 g/mol. The number of hydrogen-bond acceptors (Lipinski definition) is 13. The SMILES string of the molecule is CC(C)(C)OC(=O)[C@H](CCC(=O)NCCOCCOCC(=O)NCCCC[C@H](NC(=O)OCC1c2ccccc2C2C=CC=CC21)C(=O)O)NC(=O)CCCCCCCCCCCCCCCCP(=O)(OC(C)(C)C)OC(C)(C)C. The first-order valence-electron chi connectivity index (χ1n) is 29.7. The zero-order valence-electron chi connectivity index (χ0n) is 50.0. The minimum Gasteiger partial charge on any atom is -0.480 e. The van der Waals surface area contributed by atoms with Crippen molar-refractivity contribution in [3.8, 4) is 0 Å². The van der Waals surface area contributed by atoms with Gasteiger partial charge in [0.1, 0.15) is 30.9 Å². The molecule has 2 aliphatic rings. The Balaban J connectivity index is 1.16. The summed E-state index contributed by atoms with van der Waals surface area (Å²) in [7, 11) is -3.16. The summed E-state index contributed by atoms with van der Waals surface area (Å²) in [5.41, 5.74) is 0.537. The van der Waals surface area contributed by atoms with E-state index in [-0.39, 0.29) is 101 Å². The normalized spacial score (nSPS) is 16.7. The van der Waals surface area contributed by atoms with Crippen LogP contribution in [0.1, 0.15) is 214 Å². The third-order valence-electron chi connectivity index (χ3n) is 13.4. The molecule has 0 spiro atoms. The summed E-state index contributed by atoms with van der Waals surface area (Å²) >= 11 is 0. The summed E-state index contributed by atoms with van der Waals surface area (Å²) in [6, 6.07) is 6.02. The fraction of sp³-hybridized carbons (Fsp3) is 0.738. The van der Waals surface area contributed by atoms with Crippen LogP contribution >= 0.6 is 7.60 Å². The van der Waals surface area contributed by atoms with Gasteiger partial charge in [0, 0.05) is 37.8 Å². The minimum absolute atomic E-state index is 0.00463. The molecule has 80 heavy (non-hydrogen) atoms. The predicted octanol–water partition coefficient (Wildman–Crippen LogP) is 11.5.